The largest absolute Gasteiger partial charge is 0.396 e. The van der Waals surface area contributed by atoms with Crippen molar-refractivity contribution in [2.45, 2.75) is 57.5 Å². The zero-order valence-corrected chi connectivity index (χ0v) is 13.0. The average Bonchev–Trinajstić information content (AvgIpc) is 2.63. The van der Waals surface area contributed by atoms with Gasteiger partial charge in [-0.2, -0.15) is 11.8 Å². The van der Waals surface area contributed by atoms with Gasteiger partial charge in [-0.1, -0.05) is 26.2 Å². The minimum absolute atomic E-state index is 0.0775. The summed E-state index contributed by atoms with van der Waals surface area (Å²) in [5.74, 6) is 1.16. The van der Waals surface area contributed by atoms with E-state index in [-0.39, 0.29) is 30.6 Å². The van der Waals surface area contributed by atoms with Crippen molar-refractivity contribution in [3.05, 3.63) is 0 Å². The van der Waals surface area contributed by atoms with Crippen LogP contribution in [0.2, 0.25) is 0 Å². The lowest BCUT2D eigenvalue weighted by molar-refractivity contribution is 0.178. The Labute approximate surface area is 121 Å². The van der Waals surface area contributed by atoms with Crippen LogP contribution in [0.5, 0.6) is 0 Å². The van der Waals surface area contributed by atoms with Crippen molar-refractivity contribution < 1.29 is 9.90 Å². The predicted octanol–water partition coefficient (Wildman–Crippen LogP) is 2.37. The molecule has 2 amide bonds. The van der Waals surface area contributed by atoms with Gasteiger partial charge in [0.15, 0.2) is 0 Å². The molecule has 3 N–H and O–H groups in total. The summed E-state index contributed by atoms with van der Waals surface area (Å²) in [5.41, 5.74) is 0. The molecule has 0 radical (unpaired) electrons. The molecule has 0 aliphatic heterocycles. The molecular formula is C14H28N2O2S. The lowest BCUT2D eigenvalue weighted by Gasteiger charge is -2.26. The van der Waals surface area contributed by atoms with Crippen LogP contribution < -0.4 is 10.6 Å². The molecule has 1 aliphatic rings. The van der Waals surface area contributed by atoms with Gasteiger partial charge in [0.1, 0.15) is 0 Å². The fraction of sp³-hybridized carbons (Fsp3) is 0.929. The van der Waals surface area contributed by atoms with E-state index in [2.05, 4.69) is 23.8 Å². The molecule has 0 aromatic heterocycles. The van der Waals surface area contributed by atoms with Crippen molar-refractivity contribution in [2.75, 3.05) is 18.6 Å². The van der Waals surface area contributed by atoms with E-state index >= 15 is 0 Å². The molecule has 0 heterocycles. The van der Waals surface area contributed by atoms with E-state index in [1.54, 1.807) is 11.8 Å². The van der Waals surface area contributed by atoms with Crippen molar-refractivity contribution >= 4 is 17.8 Å². The third kappa shape index (κ3) is 6.04. The number of carbonyl (C=O) groups is 1. The van der Waals surface area contributed by atoms with Gasteiger partial charge < -0.3 is 15.7 Å². The van der Waals surface area contributed by atoms with Crippen LogP contribution in [-0.2, 0) is 0 Å². The third-order valence-corrected chi connectivity index (χ3v) is 4.64. The maximum Gasteiger partial charge on any atom is 0.315 e. The van der Waals surface area contributed by atoms with Crippen LogP contribution >= 0.6 is 11.8 Å². The third-order valence-electron chi connectivity index (χ3n) is 3.91. The Morgan fingerprint density at radius 1 is 1.37 bits per heavy atom. The number of hydrogen-bond acceptors (Lipinski definition) is 3. The van der Waals surface area contributed by atoms with Gasteiger partial charge in [-0.25, -0.2) is 4.79 Å². The van der Waals surface area contributed by atoms with Crippen molar-refractivity contribution in [1.82, 2.24) is 10.6 Å². The van der Waals surface area contributed by atoms with Crippen molar-refractivity contribution in [2.24, 2.45) is 5.92 Å². The average molecular weight is 288 g/mol. The van der Waals surface area contributed by atoms with E-state index in [1.165, 1.54) is 6.42 Å². The number of aliphatic hydroxyl groups is 1. The maximum absolute atomic E-state index is 12.0. The van der Waals surface area contributed by atoms with Gasteiger partial charge in [0.25, 0.3) is 0 Å². The quantitative estimate of drug-likeness (QED) is 0.658. The summed E-state index contributed by atoms with van der Waals surface area (Å²) >= 11 is 1.75. The summed E-state index contributed by atoms with van der Waals surface area (Å²) in [7, 11) is 0. The number of rotatable bonds is 6. The molecule has 5 heteroatoms. The fourth-order valence-corrected chi connectivity index (χ4v) is 3.37. The molecule has 1 saturated carbocycles. The highest BCUT2D eigenvalue weighted by Crippen LogP contribution is 2.23. The molecule has 0 spiro atoms. The molecule has 3 unspecified atom stereocenters. The standard InChI is InChI=1S/C14H28N2O2S/c1-3-12(10-19-2)15-14(18)16-13-8-6-4-5-7-11(13)9-17/h11-13,17H,3-10H2,1-2H3,(H2,15,16,18). The minimum atomic E-state index is -0.0775. The van der Waals surface area contributed by atoms with Crippen LogP contribution in [0.4, 0.5) is 4.79 Å². The molecule has 1 rings (SSSR count). The first-order valence-electron chi connectivity index (χ1n) is 7.38. The number of thioether (sulfide) groups is 1. The van der Waals surface area contributed by atoms with Crippen LogP contribution in [0.15, 0.2) is 0 Å². The molecule has 112 valence electrons. The predicted molar refractivity (Wildman–Crippen MR) is 81.6 cm³/mol. The van der Waals surface area contributed by atoms with E-state index in [9.17, 15) is 9.90 Å². The Bertz CT molecular complexity index is 264. The Hall–Kier alpha value is -0.420. The molecule has 0 aromatic carbocycles. The molecule has 3 atom stereocenters. The molecule has 0 aromatic rings. The normalized spacial score (nSPS) is 25.4. The molecule has 4 nitrogen and oxygen atoms in total. The van der Waals surface area contributed by atoms with Crippen LogP contribution in [-0.4, -0.2) is 41.8 Å². The summed E-state index contributed by atoms with van der Waals surface area (Å²) in [6.45, 7) is 2.26. The molecule has 1 aliphatic carbocycles. The Kier molecular flexibility index (Phi) is 8.30. The summed E-state index contributed by atoms with van der Waals surface area (Å²) in [6, 6.07) is 0.277. The van der Waals surface area contributed by atoms with E-state index < -0.39 is 0 Å². The number of urea groups is 1. The lowest BCUT2D eigenvalue weighted by Crippen LogP contribution is -2.49. The SMILES string of the molecule is CCC(CSC)NC(=O)NC1CCCCCC1CO. The first-order chi connectivity index (χ1) is 9.21. The summed E-state index contributed by atoms with van der Waals surface area (Å²) in [4.78, 5) is 12.0. The van der Waals surface area contributed by atoms with Gasteiger partial charge in [0, 0.05) is 30.4 Å². The maximum atomic E-state index is 12.0. The van der Waals surface area contributed by atoms with E-state index in [4.69, 9.17) is 0 Å². The first-order valence-corrected chi connectivity index (χ1v) is 8.77. The minimum Gasteiger partial charge on any atom is -0.396 e. The topological polar surface area (TPSA) is 61.4 Å². The second-order valence-corrected chi connectivity index (χ2v) is 6.28. The Morgan fingerprint density at radius 3 is 2.74 bits per heavy atom. The highest BCUT2D eigenvalue weighted by Gasteiger charge is 2.25. The van der Waals surface area contributed by atoms with Crippen LogP contribution in [0.1, 0.15) is 45.4 Å². The smallest absolute Gasteiger partial charge is 0.315 e. The van der Waals surface area contributed by atoms with Gasteiger partial charge in [-0.15, -0.1) is 0 Å². The van der Waals surface area contributed by atoms with Gasteiger partial charge in [0.05, 0.1) is 0 Å². The monoisotopic (exact) mass is 288 g/mol. The van der Waals surface area contributed by atoms with E-state index in [0.29, 0.717) is 0 Å². The second-order valence-electron chi connectivity index (χ2n) is 5.37. The summed E-state index contributed by atoms with van der Waals surface area (Å²) in [5, 5.41) is 15.5. The number of hydrogen-bond donors (Lipinski definition) is 3. The highest BCUT2D eigenvalue weighted by atomic mass is 32.2. The highest BCUT2D eigenvalue weighted by molar-refractivity contribution is 7.98. The van der Waals surface area contributed by atoms with Crippen molar-refractivity contribution in [1.29, 1.82) is 0 Å². The number of nitrogens with one attached hydrogen (secondary N) is 2. The number of carbonyl (C=O) groups excluding carboxylic acids is 1. The molecule has 0 bridgehead atoms. The van der Waals surface area contributed by atoms with Crippen molar-refractivity contribution in [3.63, 3.8) is 0 Å². The Balaban J connectivity index is 2.44. The lowest BCUT2D eigenvalue weighted by atomic mass is 9.96. The molecular weight excluding hydrogens is 260 g/mol. The van der Waals surface area contributed by atoms with E-state index in [0.717, 1.165) is 37.9 Å². The van der Waals surface area contributed by atoms with Crippen LogP contribution in [0, 0.1) is 5.92 Å². The molecule has 0 saturated heterocycles. The van der Waals surface area contributed by atoms with Gasteiger partial charge in [-0.3, -0.25) is 0 Å². The molecule has 19 heavy (non-hydrogen) atoms. The van der Waals surface area contributed by atoms with Crippen molar-refractivity contribution in [3.8, 4) is 0 Å². The summed E-state index contributed by atoms with van der Waals surface area (Å²) in [6.07, 6.45) is 8.51. The van der Waals surface area contributed by atoms with Gasteiger partial charge in [0.2, 0.25) is 0 Å². The first kappa shape index (κ1) is 16.6. The van der Waals surface area contributed by atoms with Crippen LogP contribution in [0.3, 0.4) is 0 Å². The zero-order valence-electron chi connectivity index (χ0n) is 12.2. The number of amides is 2. The van der Waals surface area contributed by atoms with Crippen LogP contribution in [0.25, 0.3) is 0 Å². The molecule has 1 fully saturated rings. The fourth-order valence-electron chi connectivity index (χ4n) is 2.65. The zero-order chi connectivity index (χ0) is 14.1. The van der Waals surface area contributed by atoms with Gasteiger partial charge in [-0.05, 0) is 25.5 Å². The van der Waals surface area contributed by atoms with E-state index in [1.807, 2.05) is 0 Å². The number of aliphatic hydroxyl groups excluding tert-OH is 1. The second kappa shape index (κ2) is 9.48. The Morgan fingerprint density at radius 2 is 2.11 bits per heavy atom. The van der Waals surface area contributed by atoms with Gasteiger partial charge >= 0.3 is 6.03 Å². The summed E-state index contributed by atoms with van der Waals surface area (Å²) < 4.78 is 0.